The Hall–Kier alpha value is -1.41. The number of halogens is 2. The van der Waals surface area contributed by atoms with E-state index in [2.05, 4.69) is 5.32 Å². The lowest BCUT2D eigenvalue weighted by molar-refractivity contribution is -0.118. The molecule has 0 saturated heterocycles. The average Bonchev–Trinajstić information content (AvgIpc) is 2.41. The van der Waals surface area contributed by atoms with Crippen LogP contribution in [0.2, 0.25) is 0 Å². The van der Waals surface area contributed by atoms with Gasteiger partial charge in [-0.1, -0.05) is 0 Å². The maximum atomic E-state index is 13.7. The van der Waals surface area contributed by atoms with Crippen LogP contribution >= 0.6 is 12.4 Å². The molecule has 0 aliphatic heterocycles. The van der Waals surface area contributed by atoms with Crippen molar-refractivity contribution in [1.82, 2.24) is 0 Å². The first-order valence-corrected chi connectivity index (χ1v) is 6.05. The number of anilines is 1. The molecule has 8 heteroatoms. The van der Waals surface area contributed by atoms with Crippen molar-refractivity contribution in [2.45, 2.75) is 6.04 Å². The van der Waals surface area contributed by atoms with Gasteiger partial charge in [-0.2, -0.15) is 0 Å². The van der Waals surface area contributed by atoms with Gasteiger partial charge in [0.05, 0.1) is 13.2 Å². The highest BCUT2D eigenvalue weighted by Gasteiger charge is 2.14. The van der Waals surface area contributed by atoms with Crippen LogP contribution in [-0.4, -0.2) is 46.0 Å². The highest BCUT2D eigenvalue weighted by molar-refractivity contribution is 5.94. The van der Waals surface area contributed by atoms with Crippen molar-refractivity contribution < 1.29 is 23.4 Å². The molecule has 0 aromatic heterocycles. The summed E-state index contributed by atoms with van der Waals surface area (Å²) in [6.07, 6.45) is 0. The van der Waals surface area contributed by atoms with E-state index in [0.717, 1.165) is 0 Å². The van der Waals surface area contributed by atoms with Crippen LogP contribution in [0.1, 0.15) is 0 Å². The highest BCUT2D eigenvalue weighted by atomic mass is 35.5. The molecule has 1 rings (SSSR count). The molecule has 0 aliphatic carbocycles. The fourth-order valence-electron chi connectivity index (χ4n) is 1.42. The minimum absolute atomic E-state index is 0. The van der Waals surface area contributed by atoms with Crippen molar-refractivity contribution in [3.05, 3.63) is 24.0 Å². The zero-order chi connectivity index (χ0) is 15.0. The van der Waals surface area contributed by atoms with E-state index in [1.54, 1.807) is 0 Å². The molecule has 1 aromatic carbocycles. The first-order chi connectivity index (χ1) is 9.58. The number of nitrogens with two attached hydrogens (primary N) is 1. The molecule has 0 aliphatic rings. The molecule has 1 unspecified atom stereocenters. The highest BCUT2D eigenvalue weighted by Crippen LogP contribution is 2.21. The molecule has 1 atom stereocenters. The summed E-state index contributed by atoms with van der Waals surface area (Å²) in [6, 6.07) is 3.32. The van der Waals surface area contributed by atoms with Crippen LogP contribution in [0.5, 0.6) is 5.75 Å². The fraction of sp³-hybridized carbons (Fsp3) is 0.462. The molecular formula is C13H20ClFN2O4. The second-order valence-corrected chi connectivity index (χ2v) is 4.04. The van der Waals surface area contributed by atoms with Gasteiger partial charge in [0.15, 0.2) is 11.6 Å². The number of hydrogen-bond acceptors (Lipinski definition) is 5. The van der Waals surface area contributed by atoms with Gasteiger partial charge >= 0.3 is 0 Å². The predicted molar refractivity (Wildman–Crippen MR) is 79.5 cm³/mol. The maximum Gasteiger partial charge on any atom is 0.243 e. The third-order valence-corrected chi connectivity index (χ3v) is 2.43. The van der Waals surface area contributed by atoms with E-state index in [0.29, 0.717) is 12.3 Å². The van der Waals surface area contributed by atoms with Crippen LogP contribution in [0.25, 0.3) is 0 Å². The quantitative estimate of drug-likeness (QED) is 0.702. The summed E-state index contributed by atoms with van der Waals surface area (Å²) >= 11 is 0. The topological polar surface area (TPSA) is 82.8 Å². The summed E-state index contributed by atoms with van der Waals surface area (Å²) in [4.78, 5) is 11.6. The third-order valence-electron chi connectivity index (χ3n) is 2.43. The van der Waals surface area contributed by atoms with Crippen molar-refractivity contribution in [3.63, 3.8) is 0 Å². The summed E-state index contributed by atoms with van der Waals surface area (Å²) in [6.45, 7) is 0.703. The molecule has 0 spiro atoms. The Morgan fingerprint density at radius 2 is 2.05 bits per heavy atom. The van der Waals surface area contributed by atoms with Gasteiger partial charge in [0, 0.05) is 26.0 Å². The van der Waals surface area contributed by atoms with E-state index in [-0.39, 0.29) is 31.4 Å². The Balaban J connectivity index is 0.00000400. The number of hydrogen-bond donors (Lipinski definition) is 2. The van der Waals surface area contributed by atoms with Gasteiger partial charge in [-0.05, 0) is 12.1 Å². The monoisotopic (exact) mass is 322 g/mol. The average molecular weight is 323 g/mol. The normalized spacial score (nSPS) is 11.4. The minimum Gasteiger partial charge on any atom is -0.488 e. The molecule has 0 saturated carbocycles. The Morgan fingerprint density at radius 1 is 1.33 bits per heavy atom. The summed E-state index contributed by atoms with van der Waals surface area (Å²) in [7, 11) is 2.97. The Kier molecular flexibility index (Phi) is 9.64. The molecule has 0 radical (unpaired) electrons. The SMILES string of the molecule is COCCOc1ccc(NC(=O)C(N)COC)cc1F.Cl. The zero-order valence-corrected chi connectivity index (χ0v) is 12.7. The number of nitrogens with one attached hydrogen (secondary N) is 1. The third kappa shape index (κ3) is 6.72. The molecular weight excluding hydrogens is 303 g/mol. The summed E-state index contributed by atoms with van der Waals surface area (Å²) < 4.78 is 28.4. The van der Waals surface area contributed by atoms with E-state index in [4.69, 9.17) is 19.9 Å². The summed E-state index contributed by atoms with van der Waals surface area (Å²) in [5.41, 5.74) is 5.86. The number of rotatable bonds is 8. The number of carbonyl (C=O) groups is 1. The van der Waals surface area contributed by atoms with Crippen LogP contribution in [0.4, 0.5) is 10.1 Å². The van der Waals surface area contributed by atoms with Crippen molar-refractivity contribution >= 4 is 24.0 Å². The lowest BCUT2D eigenvalue weighted by atomic mass is 10.2. The van der Waals surface area contributed by atoms with Crippen LogP contribution in [-0.2, 0) is 14.3 Å². The lowest BCUT2D eigenvalue weighted by Crippen LogP contribution is -2.39. The molecule has 1 amide bonds. The van der Waals surface area contributed by atoms with Gasteiger partial charge in [0.25, 0.3) is 0 Å². The second-order valence-electron chi connectivity index (χ2n) is 4.04. The van der Waals surface area contributed by atoms with Crippen LogP contribution in [0.15, 0.2) is 18.2 Å². The van der Waals surface area contributed by atoms with Crippen LogP contribution < -0.4 is 15.8 Å². The van der Waals surface area contributed by atoms with E-state index in [9.17, 15) is 9.18 Å². The number of carbonyl (C=O) groups excluding carboxylic acids is 1. The van der Waals surface area contributed by atoms with Gasteiger partial charge in [-0.25, -0.2) is 4.39 Å². The zero-order valence-electron chi connectivity index (χ0n) is 11.9. The molecule has 120 valence electrons. The molecule has 0 bridgehead atoms. The van der Waals surface area contributed by atoms with Gasteiger partial charge in [0.2, 0.25) is 5.91 Å². The van der Waals surface area contributed by atoms with E-state index >= 15 is 0 Å². The smallest absolute Gasteiger partial charge is 0.243 e. The maximum absolute atomic E-state index is 13.7. The van der Waals surface area contributed by atoms with Gasteiger partial charge < -0.3 is 25.3 Å². The molecule has 3 N–H and O–H groups in total. The van der Waals surface area contributed by atoms with Crippen LogP contribution in [0, 0.1) is 5.82 Å². The molecule has 21 heavy (non-hydrogen) atoms. The minimum atomic E-state index is -0.805. The van der Waals surface area contributed by atoms with Crippen molar-refractivity contribution in [2.24, 2.45) is 5.73 Å². The van der Waals surface area contributed by atoms with E-state index in [1.807, 2.05) is 0 Å². The molecule has 6 nitrogen and oxygen atoms in total. The summed E-state index contributed by atoms with van der Waals surface area (Å²) in [5.74, 6) is -0.917. The van der Waals surface area contributed by atoms with Crippen LogP contribution in [0.3, 0.4) is 0 Å². The van der Waals surface area contributed by atoms with Gasteiger partial charge in [0.1, 0.15) is 12.6 Å². The van der Waals surface area contributed by atoms with Crippen molar-refractivity contribution in [1.29, 1.82) is 0 Å². The van der Waals surface area contributed by atoms with Gasteiger partial charge in [-0.3, -0.25) is 4.79 Å². The Labute approximate surface area is 129 Å². The van der Waals surface area contributed by atoms with E-state index in [1.165, 1.54) is 32.4 Å². The number of amides is 1. The number of benzene rings is 1. The molecule has 0 heterocycles. The standard InChI is InChI=1S/C13H19FN2O4.ClH/c1-18-5-6-20-12-4-3-9(7-10(12)14)16-13(17)11(15)8-19-2;/h3-4,7,11H,5-6,8,15H2,1-2H3,(H,16,17);1H. The lowest BCUT2D eigenvalue weighted by Gasteiger charge is -2.12. The Morgan fingerprint density at radius 3 is 2.62 bits per heavy atom. The van der Waals surface area contributed by atoms with Crippen molar-refractivity contribution in [3.8, 4) is 5.75 Å². The number of methoxy groups -OCH3 is 2. The Bertz CT molecular complexity index is 448. The van der Waals surface area contributed by atoms with E-state index < -0.39 is 17.8 Å². The first kappa shape index (κ1) is 19.6. The predicted octanol–water partition coefficient (Wildman–Crippen LogP) is 1.18. The molecule has 0 fully saturated rings. The first-order valence-electron chi connectivity index (χ1n) is 6.05. The van der Waals surface area contributed by atoms with Crippen molar-refractivity contribution in [2.75, 3.05) is 39.4 Å². The largest absolute Gasteiger partial charge is 0.488 e. The molecule has 1 aromatic rings. The second kappa shape index (κ2) is 10.3. The number of ether oxygens (including phenoxy) is 3. The van der Waals surface area contributed by atoms with Gasteiger partial charge in [-0.15, -0.1) is 12.4 Å². The fourth-order valence-corrected chi connectivity index (χ4v) is 1.42. The summed E-state index contributed by atoms with van der Waals surface area (Å²) in [5, 5.41) is 2.50.